The molecule has 0 spiro atoms. The van der Waals surface area contributed by atoms with Crippen LogP contribution in [-0.4, -0.2) is 22.4 Å². The van der Waals surface area contributed by atoms with Crippen LogP contribution >= 0.6 is 0 Å². The first kappa shape index (κ1) is 19.3. The summed E-state index contributed by atoms with van der Waals surface area (Å²) in [4.78, 5) is 20.0. The fourth-order valence-electron chi connectivity index (χ4n) is 2.73. The molecule has 0 fully saturated rings. The van der Waals surface area contributed by atoms with E-state index in [0.717, 1.165) is 17.7 Å². The summed E-state index contributed by atoms with van der Waals surface area (Å²) in [5.74, 6) is 1.63. The van der Waals surface area contributed by atoms with Gasteiger partial charge < -0.3 is 16.0 Å². The van der Waals surface area contributed by atoms with Crippen molar-refractivity contribution >= 4 is 28.9 Å². The topological polar surface area (TPSA) is 78.9 Å². The minimum Gasteiger partial charge on any atom is -0.370 e. The number of benzene rings is 2. The van der Waals surface area contributed by atoms with Crippen LogP contribution in [-0.2, 0) is 11.2 Å². The summed E-state index contributed by atoms with van der Waals surface area (Å²) < 4.78 is 13.0. The van der Waals surface area contributed by atoms with Crippen LogP contribution in [0.3, 0.4) is 0 Å². The lowest BCUT2D eigenvalue weighted by Crippen LogP contribution is -2.08. The number of amides is 1. The normalized spacial score (nSPS) is 10.4. The molecule has 0 aliphatic carbocycles. The van der Waals surface area contributed by atoms with Gasteiger partial charge >= 0.3 is 0 Å². The fourth-order valence-corrected chi connectivity index (χ4v) is 2.73. The number of carbonyl (C=O) groups excluding carboxylic acids is 1. The van der Waals surface area contributed by atoms with Gasteiger partial charge in [0.25, 0.3) is 0 Å². The predicted octanol–water partition coefficient (Wildman–Crippen LogP) is 4.28. The van der Waals surface area contributed by atoms with E-state index in [1.165, 1.54) is 19.1 Å². The van der Waals surface area contributed by atoms with E-state index in [1.807, 2.05) is 37.3 Å². The SMILES string of the molecule is CC(=O)Nc1cccc(Nc2cc(NCCc3ccc(F)cc3)nc(C)n2)c1. The first-order valence-corrected chi connectivity index (χ1v) is 8.96. The Morgan fingerprint density at radius 2 is 1.71 bits per heavy atom. The molecule has 0 radical (unpaired) electrons. The Bertz CT molecular complexity index is 959. The molecule has 3 rings (SSSR count). The molecule has 28 heavy (non-hydrogen) atoms. The molecule has 0 saturated carbocycles. The van der Waals surface area contributed by atoms with Crippen LogP contribution in [0.1, 0.15) is 18.3 Å². The standard InChI is InChI=1S/C21H22FN5O/c1-14-24-20(23-11-10-16-6-8-17(22)9-7-16)13-21(25-14)27-19-5-3-4-18(12-19)26-15(2)28/h3-9,12-13H,10-11H2,1-2H3,(H,26,28)(H2,23,24,25,27). The quantitative estimate of drug-likeness (QED) is 0.571. The maximum atomic E-state index is 13.0. The van der Waals surface area contributed by atoms with Gasteiger partial charge in [-0.15, -0.1) is 0 Å². The van der Waals surface area contributed by atoms with Crippen LogP contribution in [0.2, 0.25) is 0 Å². The molecule has 0 saturated heterocycles. The molecule has 3 N–H and O–H groups in total. The lowest BCUT2D eigenvalue weighted by atomic mass is 10.1. The largest absolute Gasteiger partial charge is 0.370 e. The van der Waals surface area contributed by atoms with Gasteiger partial charge in [0, 0.05) is 30.9 Å². The van der Waals surface area contributed by atoms with Gasteiger partial charge in [-0.3, -0.25) is 4.79 Å². The summed E-state index contributed by atoms with van der Waals surface area (Å²) in [7, 11) is 0. The van der Waals surface area contributed by atoms with E-state index < -0.39 is 0 Å². The van der Waals surface area contributed by atoms with E-state index in [4.69, 9.17) is 0 Å². The number of carbonyl (C=O) groups is 1. The molecule has 0 atom stereocenters. The Labute approximate surface area is 163 Å². The van der Waals surface area contributed by atoms with E-state index in [9.17, 15) is 9.18 Å². The summed E-state index contributed by atoms with van der Waals surface area (Å²) in [6.07, 6.45) is 0.755. The smallest absolute Gasteiger partial charge is 0.221 e. The molecule has 1 amide bonds. The zero-order valence-corrected chi connectivity index (χ0v) is 15.8. The molecule has 6 nitrogen and oxygen atoms in total. The summed E-state index contributed by atoms with van der Waals surface area (Å²) >= 11 is 0. The fraction of sp³-hybridized carbons (Fsp3) is 0.190. The lowest BCUT2D eigenvalue weighted by molar-refractivity contribution is -0.114. The third kappa shape index (κ3) is 5.77. The number of aromatic nitrogens is 2. The molecular formula is C21H22FN5O. The molecule has 7 heteroatoms. The monoisotopic (exact) mass is 379 g/mol. The summed E-state index contributed by atoms with van der Waals surface area (Å²) in [5, 5.41) is 9.25. The van der Waals surface area contributed by atoms with Crippen molar-refractivity contribution in [2.75, 3.05) is 22.5 Å². The van der Waals surface area contributed by atoms with Crippen molar-refractivity contribution in [2.45, 2.75) is 20.3 Å². The molecule has 0 bridgehead atoms. The average Bonchev–Trinajstić information content (AvgIpc) is 2.63. The molecule has 0 aliphatic heterocycles. The summed E-state index contributed by atoms with van der Waals surface area (Å²) in [6, 6.07) is 15.7. The highest BCUT2D eigenvalue weighted by Gasteiger charge is 2.04. The van der Waals surface area contributed by atoms with Gasteiger partial charge in [-0.05, 0) is 49.2 Å². The van der Waals surface area contributed by atoms with Crippen LogP contribution in [0.25, 0.3) is 0 Å². The Kier molecular flexibility index (Phi) is 6.16. The highest BCUT2D eigenvalue weighted by atomic mass is 19.1. The zero-order valence-electron chi connectivity index (χ0n) is 15.8. The third-order valence-electron chi connectivity index (χ3n) is 3.93. The van der Waals surface area contributed by atoms with Crippen LogP contribution in [0.15, 0.2) is 54.6 Å². The van der Waals surface area contributed by atoms with Crippen molar-refractivity contribution in [1.29, 1.82) is 0 Å². The molecule has 3 aromatic rings. The highest BCUT2D eigenvalue weighted by molar-refractivity contribution is 5.89. The molecule has 0 aliphatic rings. The van der Waals surface area contributed by atoms with Gasteiger partial charge in [-0.1, -0.05) is 18.2 Å². The Morgan fingerprint density at radius 1 is 1.00 bits per heavy atom. The first-order valence-electron chi connectivity index (χ1n) is 8.96. The van der Waals surface area contributed by atoms with Crippen LogP contribution in [0.4, 0.5) is 27.4 Å². The van der Waals surface area contributed by atoms with Crippen LogP contribution in [0.5, 0.6) is 0 Å². The van der Waals surface area contributed by atoms with Gasteiger partial charge in [0.1, 0.15) is 23.3 Å². The number of aryl methyl sites for hydroxylation is 1. The van der Waals surface area contributed by atoms with E-state index in [-0.39, 0.29) is 11.7 Å². The Hall–Kier alpha value is -3.48. The summed E-state index contributed by atoms with van der Waals surface area (Å²) in [6.45, 7) is 3.96. The van der Waals surface area contributed by atoms with E-state index in [2.05, 4.69) is 25.9 Å². The van der Waals surface area contributed by atoms with E-state index >= 15 is 0 Å². The summed E-state index contributed by atoms with van der Waals surface area (Å²) in [5.41, 5.74) is 2.57. The number of nitrogens with zero attached hydrogens (tertiary/aromatic N) is 2. The predicted molar refractivity (Wildman–Crippen MR) is 109 cm³/mol. The van der Waals surface area contributed by atoms with E-state index in [0.29, 0.717) is 29.7 Å². The van der Waals surface area contributed by atoms with Gasteiger partial charge in [0.2, 0.25) is 5.91 Å². The minimum atomic E-state index is -0.235. The van der Waals surface area contributed by atoms with Crippen molar-refractivity contribution in [2.24, 2.45) is 0 Å². The molecule has 144 valence electrons. The molecular weight excluding hydrogens is 357 g/mol. The van der Waals surface area contributed by atoms with Crippen molar-refractivity contribution < 1.29 is 9.18 Å². The second-order valence-corrected chi connectivity index (χ2v) is 6.38. The Morgan fingerprint density at radius 3 is 2.46 bits per heavy atom. The Balaban J connectivity index is 1.64. The van der Waals surface area contributed by atoms with Gasteiger partial charge in [0.05, 0.1) is 0 Å². The highest BCUT2D eigenvalue weighted by Crippen LogP contribution is 2.20. The maximum Gasteiger partial charge on any atom is 0.221 e. The minimum absolute atomic E-state index is 0.123. The number of hydrogen-bond donors (Lipinski definition) is 3. The maximum absolute atomic E-state index is 13.0. The lowest BCUT2D eigenvalue weighted by Gasteiger charge is -2.11. The molecule has 2 aromatic carbocycles. The van der Waals surface area contributed by atoms with E-state index in [1.54, 1.807) is 12.1 Å². The second-order valence-electron chi connectivity index (χ2n) is 6.38. The number of hydrogen-bond acceptors (Lipinski definition) is 5. The number of anilines is 4. The number of nitrogens with one attached hydrogen (secondary N) is 3. The van der Waals surface area contributed by atoms with Crippen molar-refractivity contribution in [3.05, 3.63) is 71.8 Å². The van der Waals surface area contributed by atoms with Crippen LogP contribution < -0.4 is 16.0 Å². The zero-order chi connectivity index (χ0) is 19.9. The van der Waals surface area contributed by atoms with Crippen molar-refractivity contribution in [1.82, 2.24) is 9.97 Å². The molecule has 1 aromatic heterocycles. The second kappa shape index (κ2) is 8.94. The van der Waals surface area contributed by atoms with Crippen molar-refractivity contribution in [3.63, 3.8) is 0 Å². The third-order valence-corrected chi connectivity index (χ3v) is 3.93. The van der Waals surface area contributed by atoms with Gasteiger partial charge in [-0.25, -0.2) is 14.4 Å². The average molecular weight is 379 g/mol. The molecule has 0 unspecified atom stereocenters. The molecule has 1 heterocycles. The van der Waals surface area contributed by atoms with Gasteiger partial charge in [-0.2, -0.15) is 0 Å². The number of rotatable bonds is 7. The van der Waals surface area contributed by atoms with Crippen molar-refractivity contribution in [3.8, 4) is 0 Å². The van der Waals surface area contributed by atoms with Gasteiger partial charge in [0.15, 0.2) is 0 Å². The van der Waals surface area contributed by atoms with Crippen LogP contribution in [0, 0.1) is 12.7 Å². The number of halogens is 1. The first-order chi connectivity index (χ1) is 13.5.